The molecule has 0 radical (unpaired) electrons. The van der Waals surface area contributed by atoms with Crippen LogP contribution in [0.5, 0.6) is 5.75 Å². The van der Waals surface area contributed by atoms with Gasteiger partial charge in [-0.25, -0.2) is 4.98 Å². The highest BCUT2D eigenvalue weighted by Crippen LogP contribution is 2.42. The van der Waals surface area contributed by atoms with Crippen LogP contribution in [0.3, 0.4) is 0 Å². The maximum Gasteiger partial charge on any atom is 0.250 e. The predicted octanol–water partition coefficient (Wildman–Crippen LogP) is 2.26. The summed E-state index contributed by atoms with van der Waals surface area (Å²) in [6.45, 7) is 2.45. The quantitative estimate of drug-likeness (QED) is 0.916. The fraction of sp³-hybridized carbons (Fsp3) is 0.400. The lowest BCUT2D eigenvalue weighted by Gasteiger charge is -2.45. The second-order valence-corrected chi connectivity index (χ2v) is 6.87. The average molecular weight is 353 g/mol. The van der Waals surface area contributed by atoms with Crippen LogP contribution in [-0.2, 0) is 16.8 Å². The summed E-state index contributed by atoms with van der Waals surface area (Å²) in [5, 5.41) is 0. The summed E-state index contributed by atoms with van der Waals surface area (Å²) < 4.78 is 11.7. The lowest BCUT2D eigenvalue weighted by Crippen LogP contribution is -2.46. The molecule has 0 unspecified atom stereocenters. The Labute approximate surface area is 152 Å². The molecule has 136 valence electrons. The lowest BCUT2D eigenvalue weighted by molar-refractivity contribution is -0.0767. The van der Waals surface area contributed by atoms with Crippen molar-refractivity contribution >= 4 is 11.7 Å². The Hall–Kier alpha value is -2.60. The minimum absolute atomic E-state index is 0.219. The number of fused-ring (bicyclic) bond motifs is 2. The monoisotopic (exact) mass is 353 g/mol. The third-order valence-corrected chi connectivity index (χ3v) is 5.48. The van der Waals surface area contributed by atoms with Gasteiger partial charge in [-0.3, -0.25) is 4.79 Å². The zero-order valence-electron chi connectivity index (χ0n) is 14.9. The first-order valence-corrected chi connectivity index (χ1v) is 8.93. The van der Waals surface area contributed by atoms with Crippen molar-refractivity contribution in [2.75, 3.05) is 31.7 Å². The minimum Gasteiger partial charge on any atom is -0.497 e. The van der Waals surface area contributed by atoms with Crippen LogP contribution in [0.1, 0.15) is 34.3 Å². The van der Waals surface area contributed by atoms with E-state index in [2.05, 4.69) is 22.0 Å². The molecule has 1 saturated heterocycles. The summed E-state index contributed by atoms with van der Waals surface area (Å²) in [6, 6.07) is 9.90. The van der Waals surface area contributed by atoms with E-state index in [4.69, 9.17) is 15.2 Å². The number of hydrogen-bond donors (Lipinski definition) is 1. The van der Waals surface area contributed by atoms with Crippen LogP contribution in [0.2, 0.25) is 0 Å². The fourth-order valence-corrected chi connectivity index (χ4v) is 4.01. The molecule has 1 aromatic carbocycles. The van der Waals surface area contributed by atoms with E-state index in [0.717, 1.165) is 50.5 Å². The molecule has 0 aliphatic carbocycles. The number of aromatic nitrogens is 1. The van der Waals surface area contributed by atoms with Gasteiger partial charge in [-0.2, -0.15) is 0 Å². The Bertz CT molecular complexity index is 812. The SMILES string of the molecule is COc1ccc2c(c1)CCOC21CCN(c2ccc(C(N)=O)cn2)CC1. The highest BCUT2D eigenvalue weighted by atomic mass is 16.5. The summed E-state index contributed by atoms with van der Waals surface area (Å²) >= 11 is 0. The number of rotatable bonds is 3. The summed E-state index contributed by atoms with van der Waals surface area (Å²) in [4.78, 5) is 17.8. The van der Waals surface area contributed by atoms with Gasteiger partial charge >= 0.3 is 0 Å². The van der Waals surface area contributed by atoms with Crippen molar-refractivity contribution in [3.05, 3.63) is 53.2 Å². The van der Waals surface area contributed by atoms with E-state index in [9.17, 15) is 4.79 Å². The number of hydrogen-bond acceptors (Lipinski definition) is 5. The van der Waals surface area contributed by atoms with Crippen molar-refractivity contribution in [3.63, 3.8) is 0 Å². The van der Waals surface area contributed by atoms with Crippen molar-refractivity contribution in [2.45, 2.75) is 24.9 Å². The first-order valence-electron chi connectivity index (χ1n) is 8.93. The smallest absolute Gasteiger partial charge is 0.250 e. The number of benzene rings is 1. The van der Waals surface area contributed by atoms with E-state index in [1.165, 1.54) is 11.1 Å². The molecule has 1 fully saturated rings. The van der Waals surface area contributed by atoms with Gasteiger partial charge in [-0.05, 0) is 54.7 Å². The molecule has 1 aromatic heterocycles. The first kappa shape index (κ1) is 16.8. The summed E-state index contributed by atoms with van der Waals surface area (Å²) in [6.07, 6.45) is 4.28. The van der Waals surface area contributed by atoms with Gasteiger partial charge < -0.3 is 20.1 Å². The molecule has 2 aromatic rings. The van der Waals surface area contributed by atoms with E-state index >= 15 is 0 Å². The van der Waals surface area contributed by atoms with E-state index < -0.39 is 5.91 Å². The van der Waals surface area contributed by atoms with Crippen molar-refractivity contribution in [2.24, 2.45) is 5.73 Å². The molecule has 0 saturated carbocycles. The predicted molar refractivity (Wildman–Crippen MR) is 98.5 cm³/mol. The lowest BCUT2D eigenvalue weighted by atomic mass is 9.79. The highest BCUT2D eigenvalue weighted by Gasteiger charge is 2.41. The Morgan fingerprint density at radius 2 is 2.08 bits per heavy atom. The second-order valence-electron chi connectivity index (χ2n) is 6.87. The topological polar surface area (TPSA) is 77.7 Å². The number of anilines is 1. The number of amides is 1. The number of pyridine rings is 1. The molecule has 2 aliphatic rings. The number of carbonyl (C=O) groups excluding carboxylic acids is 1. The summed E-state index contributed by atoms with van der Waals surface area (Å²) in [7, 11) is 1.70. The maximum atomic E-state index is 11.2. The largest absolute Gasteiger partial charge is 0.497 e. The molecular weight excluding hydrogens is 330 g/mol. The van der Waals surface area contributed by atoms with Gasteiger partial charge in [0.25, 0.3) is 0 Å². The van der Waals surface area contributed by atoms with E-state index in [1.807, 2.05) is 12.1 Å². The van der Waals surface area contributed by atoms with Crippen LogP contribution in [0.25, 0.3) is 0 Å². The Kier molecular flexibility index (Phi) is 4.28. The van der Waals surface area contributed by atoms with Gasteiger partial charge in [0.15, 0.2) is 0 Å². The van der Waals surface area contributed by atoms with Gasteiger partial charge in [0.1, 0.15) is 11.6 Å². The van der Waals surface area contributed by atoms with Crippen LogP contribution in [0.4, 0.5) is 5.82 Å². The molecule has 3 heterocycles. The fourth-order valence-electron chi connectivity index (χ4n) is 4.01. The van der Waals surface area contributed by atoms with Gasteiger partial charge in [0.2, 0.25) is 5.91 Å². The van der Waals surface area contributed by atoms with E-state index in [-0.39, 0.29) is 5.60 Å². The molecule has 1 spiro atoms. The van der Waals surface area contributed by atoms with Crippen LogP contribution >= 0.6 is 0 Å². The van der Waals surface area contributed by atoms with Crippen LogP contribution in [0.15, 0.2) is 36.5 Å². The molecule has 0 bridgehead atoms. The van der Waals surface area contributed by atoms with Crippen LogP contribution in [-0.4, -0.2) is 37.7 Å². The van der Waals surface area contributed by atoms with Gasteiger partial charge in [-0.1, -0.05) is 6.07 Å². The van der Waals surface area contributed by atoms with Gasteiger partial charge in [-0.15, -0.1) is 0 Å². The summed E-state index contributed by atoms with van der Waals surface area (Å²) in [5.74, 6) is 1.32. The molecule has 6 heteroatoms. The zero-order valence-corrected chi connectivity index (χ0v) is 14.9. The molecule has 0 atom stereocenters. The highest BCUT2D eigenvalue weighted by molar-refractivity contribution is 5.92. The normalized spacial score (nSPS) is 18.4. The number of piperidine rings is 1. The molecule has 1 amide bonds. The van der Waals surface area contributed by atoms with Crippen molar-refractivity contribution in [1.82, 2.24) is 4.98 Å². The van der Waals surface area contributed by atoms with Crippen LogP contribution < -0.4 is 15.4 Å². The minimum atomic E-state index is -0.454. The third kappa shape index (κ3) is 2.90. The molecule has 26 heavy (non-hydrogen) atoms. The number of nitrogens with zero attached hydrogens (tertiary/aromatic N) is 2. The van der Waals surface area contributed by atoms with Gasteiger partial charge in [0.05, 0.1) is 24.9 Å². The Morgan fingerprint density at radius 1 is 1.27 bits per heavy atom. The second kappa shape index (κ2) is 6.61. The number of nitrogens with two attached hydrogens (primary N) is 1. The number of primary amides is 1. The van der Waals surface area contributed by atoms with Crippen molar-refractivity contribution in [3.8, 4) is 5.75 Å². The zero-order chi connectivity index (χ0) is 18.1. The average Bonchev–Trinajstić information content (AvgIpc) is 2.68. The maximum absolute atomic E-state index is 11.2. The molecular formula is C20H23N3O3. The summed E-state index contributed by atoms with van der Waals surface area (Å²) in [5.41, 5.74) is 8.12. The number of methoxy groups -OCH3 is 1. The van der Waals surface area contributed by atoms with E-state index in [1.54, 1.807) is 19.4 Å². The molecule has 2 N–H and O–H groups in total. The first-order chi connectivity index (χ1) is 12.6. The Morgan fingerprint density at radius 3 is 2.73 bits per heavy atom. The molecule has 2 aliphatic heterocycles. The van der Waals surface area contributed by atoms with Crippen molar-refractivity contribution in [1.29, 1.82) is 0 Å². The van der Waals surface area contributed by atoms with E-state index in [0.29, 0.717) is 5.56 Å². The van der Waals surface area contributed by atoms with Crippen molar-refractivity contribution < 1.29 is 14.3 Å². The third-order valence-electron chi connectivity index (χ3n) is 5.48. The number of ether oxygens (including phenoxy) is 2. The van der Waals surface area contributed by atoms with Crippen LogP contribution in [0, 0.1) is 0 Å². The molecule has 4 rings (SSSR count). The van der Waals surface area contributed by atoms with Gasteiger partial charge in [0, 0.05) is 19.3 Å². The molecule has 6 nitrogen and oxygen atoms in total. The Balaban J connectivity index is 1.52. The standard InChI is InChI=1S/C20H23N3O3/c1-25-16-3-4-17-14(12-16)6-11-26-20(17)7-9-23(10-8-20)18-5-2-15(13-22-18)19(21)24/h2-5,12-13H,6-11H2,1H3,(H2,21,24). The number of carbonyl (C=O) groups is 1.